The summed E-state index contributed by atoms with van der Waals surface area (Å²) in [5.41, 5.74) is 2.40. The zero-order valence-electron chi connectivity index (χ0n) is 8.16. The van der Waals surface area contributed by atoms with E-state index in [2.05, 4.69) is 5.16 Å². The SMILES string of the molecule is CC(=C\c1ccccc1Cl)/C(C)=N/O. The molecule has 0 aromatic heterocycles. The number of halogens is 1. The van der Waals surface area contributed by atoms with Crippen LogP contribution in [0.5, 0.6) is 0 Å². The van der Waals surface area contributed by atoms with E-state index in [4.69, 9.17) is 16.8 Å². The summed E-state index contributed by atoms with van der Waals surface area (Å²) in [7, 11) is 0. The molecule has 3 heteroatoms. The summed E-state index contributed by atoms with van der Waals surface area (Å²) in [6, 6.07) is 7.53. The van der Waals surface area contributed by atoms with Crippen LogP contribution < -0.4 is 0 Å². The van der Waals surface area contributed by atoms with Crippen molar-refractivity contribution in [2.24, 2.45) is 5.16 Å². The van der Waals surface area contributed by atoms with E-state index in [9.17, 15) is 0 Å². The van der Waals surface area contributed by atoms with Crippen molar-refractivity contribution in [1.82, 2.24) is 0 Å². The second kappa shape index (κ2) is 4.82. The van der Waals surface area contributed by atoms with Gasteiger partial charge in [-0.3, -0.25) is 0 Å². The first-order chi connectivity index (χ1) is 6.65. The molecule has 1 aromatic carbocycles. The van der Waals surface area contributed by atoms with Crippen LogP contribution in [0.1, 0.15) is 19.4 Å². The molecule has 0 amide bonds. The second-order valence-corrected chi connectivity index (χ2v) is 3.44. The quantitative estimate of drug-likeness (QED) is 0.451. The van der Waals surface area contributed by atoms with Gasteiger partial charge in [0.2, 0.25) is 0 Å². The van der Waals surface area contributed by atoms with E-state index in [1.165, 1.54) is 0 Å². The highest BCUT2D eigenvalue weighted by Crippen LogP contribution is 2.18. The summed E-state index contributed by atoms with van der Waals surface area (Å²) in [5.74, 6) is 0. The highest BCUT2D eigenvalue weighted by Gasteiger charge is 1.98. The number of hydrogen-bond acceptors (Lipinski definition) is 2. The standard InChI is InChI=1S/C11H12ClNO/c1-8(9(2)13-14)7-10-5-3-4-6-11(10)12/h3-7,14H,1-2H3/b8-7+,13-9+. The molecule has 0 saturated carbocycles. The maximum atomic E-state index is 8.57. The molecule has 0 aliphatic carbocycles. The lowest BCUT2D eigenvalue weighted by atomic mass is 10.1. The molecule has 1 rings (SSSR count). The van der Waals surface area contributed by atoms with Gasteiger partial charge in [0.1, 0.15) is 0 Å². The van der Waals surface area contributed by atoms with Crippen molar-refractivity contribution in [2.45, 2.75) is 13.8 Å². The summed E-state index contributed by atoms with van der Waals surface area (Å²) in [4.78, 5) is 0. The van der Waals surface area contributed by atoms with Crippen molar-refractivity contribution in [2.75, 3.05) is 0 Å². The molecule has 0 spiro atoms. The van der Waals surface area contributed by atoms with Crippen LogP contribution in [-0.4, -0.2) is 10.9 Å². The van der Waals surface area contributed by atoms with Crippen LogP contribution in [0, 0.1) is 0 Å². The van der Waals surface area contributed by atoms with Gasteiger partial charge < -0.3 is 5.21 Å². The van der Waals surface area contributed by atoms with Crippen molar-refractivity contribution >= 4 is 23.4 Å². The molecule has 0 aliphatic heterocycles. The largest absolute Gasteiger partial charge is 0.411 e. The summed E-state index contributed by atoms with van der Waals surface area (Å²) >= 11 is 5.97. The van der Waals surface area contributed by atoms with E-state index in [1.807, 2.05) is 37.3 Å². The average Bonchev–Trinajstić information content (AvgIpc) is 2.20. The first kappa shape index (κ1) is 10.8. The van der Waals surface area contributed by atoms with Gasteiger partial charge >= 0.3 is 0 Å². The Balaban J connectivity index is 3.04. The van der Waals surface area contributed by atoms with Crippen LogP contribution in [0.2, 0.25) is 5.02 Å². The van der Waals surface area contributed by atoms with Crippen LogP contribution in [0.4, 0.5) is 0 Å². The molecule has 0 unspecified atom stereocenters. The normalized spacial score (nSPS) is 13.1. The summed E-state index contributed by atoms with van der Waals surface area (Å²) in [5, 5.41) is 12.4. The van der Waals surface area contributed by atoms with E-state index in [-0.39, 0.29) is 0 Å². The fourth-order valence-corrected chi connectivity index (χ4v) is 1.20. The van der Waals surface area contributed by atoms with Gasteiger partial charge in [0.05, 0.1) is 5.71 Å². The minimum Gasteiger partial charge on any atom is -0.411 e. The molecular weight excluding hydrogens is 198 g/mol. The second-order valence-electron chi connectivity index (χ2n) is 3.03. The Kier molecular flexibility index (Phi) is 3.72. The van der Waals surface area contributed by atoms with Gasteiger partial charge in [-0.15, -0.1) is 0 Å². The molecule has 74 valence electrons. The predicted molar refractivity (Wildman–Crippen MR) is 60.0 cm³/mol. The lowest BCUT2D eigenvalue weighted by molar-refractivity contribution is 0.319. The van der Waals surface area contributed by atoms with Crippen molar-refractivity contribution in [1.29, 1.82) is 0 Å². The first-order valence-corrected chi connectivity index (χ1v) is 4.65. The molecule has 1 aromatic rings. The Hall–Kier alpha value is -1.28. The molecule has 14 heavy (non-hydrogen) atoms. The molecule has 0 radical (unpaired) electrons. The van der Waals surface area contributed by atoms with E-state index in [0.29, 0.717) is 10.7 Å². The van der Waals surface area contributed by atoms with Gasteiger partial charge in [0.15, 0.2) is 0 Å². The number of allylic oxidation sites excluding steroid dienone is 1. The topological polar surface area (TPSA) is 32.6 Å². The zero-order valence-corrected chi connectivity index (χ0v) is 8.92. The third-order valence-corrected chi connectivity index (χ3v) is 2.34. The lowest BCUT2D eigenvalue weighted by Gasteiger charge is -2.00. The minimum absolute atomic E-state index is 0.588. The zero-order chi connectivity index (χ0) is 10.6. The predicted octanol–water partition coefficient (Wildman–Crippen LogP) is 3.59. The molecule has 0 heterocycles. The van der Waals surface area contributed by atoms with E-state index >= 15 is 0 Å². The number of benzene rings is 1. The van der Waals surface area contributed by atoms with Gasteiger partial charge in [-0.25, -0.2) is 0 Å². The third kappa shape index (κ3) is 2.60. The summed E-state index contributed by atoms with van der Waals surface area (Å²) in [6.07, 6.45) is 1.89. The Morgan fingerprint density at radius 3 is 2.57 bits per heavy atom. The molecular formula is C11H12ClNO. The number of oxime groups is 1. The first-order valence-electron chi connectivity index (χ1n) is 4.27. The van der Waals surface area contributed by atoms with Crippen molar-refractivity contribution < 1.29 is 5.21 Å². The van der Waals surface area contributed by atoms with Crippen molar-refractivity contribution in [3.8, 4) is 0 Å². The fraction of sp³-hybridized carbons (Fsp3) is 0.182. The molecule has 0 saturated heterocycles. The van der Waals surface area contributed by atoms with Gasteiger partial charge in [-0.2, -0.15) is 0 Å². The molecule has 0 fully saturated rings. The number of hydrogen-bond donors (Lipinski definition) is 1. The molecule has 1 N–H and O–H groups in total. The highest BCUT2D eigenvalue weighted by atomic mass is 35.5. The van der Waals surface area contributed by atoms with E-state index < -0.39 is 0 Å². The van der Waals surface area contributed by atoms with Crippen LogP contribution in [0.3, 0.4) is 0 Å². The third-order valence-electron chi connectivity index (χ3n) is 2.00. The van der Waals surface area contributed by atoms with Gasteiger partial charge in [-0.05, 0) is 37.1 Å². The Morgan fingerprint density at radius 1 is 1.36 bits per heavy atom. The van der Waals surface area contributed by atoms with E-state index in [0.717, 1.165) is 11.1 Å². The van der Waals surface area contributed by atoms with E-state index in [1.54, 1.807) is 6.92 Å². The number of nitrogens with zero attached hydrogens (tertiary/aromatic N) is 1. The highest BCUT2D eigenvalue weighted by molar-refractivity contribution is 6.32. The smallest absolute Gasteiger partial charge is 0.0794 e. The van der Waals surface area contributed by atoms with Crippen molar-refractivity contribution in [3.05, 3.63) is 40.4 Å². The van der Waals surface area contributed by atoms with Gasteiger partial charge in [0, 0.05) is 5.02 Å². The maximum Gasteiger partial charge on any atom is 0.0794 e. The Bertz CT molecular complexity index is 383. The molecule has 0 aliphatic rings. The summed E-state index contributed by atoms with van der Waals surface area (Å²) in [6.45, 7) is 3.61. The monoisotopic (exact) mass is 209 g/mol. The van der Waals surface area contributed by atoms with Crippen LogP contribution in [0.25, 0.3) is 6.08 Å². The fourth-order valence-electron chi connectivity index (χ4n) is 1.01. The van der Waals surface area contributed by atoms with Crippen molar-refractivity contribution in [3.63, 3.8) is 0 Å². The van der Waals surface area contributed by atoms with Crippen LogP contribution >= 0.6 is 11.6 Å². The number of rotatable bonds is 2. The minimum atomic E-state index is 0.588. The molecule has 0 bridgehead atoms. The molecule has 0 atom stereocenters. The average molecular weight is 210 g/mol. The molecule has 2 nitrogen and oxygen atoms in total. The van der Waals surface area contributed by atoms with Gasteiger partial charge in [-0.1, -0.05) is 35.0 Å². The Morgan fingerprint density at radius 2 is 2.00 bits per heavy atom. The maximum absolute atomic E-state index is 8.57. The summed E-state index contributed by atoms with van der Waals surface area (Å²) < 4.78 is 0. The Labute approximate surface area is 88.5 Å². The van der Waals surface area contributed by atoms with Crippen LogP contribution in [0.15, 0.2) is 35.0 Å². The lowest BCUT2D eigenvalue weighted by Crippen LogP contribution is -1.92. The van der Waals surface area contributed by atoms with Crippen LogP contribution in [-0.2, 0) is 0 Å². The van der Waals surface area contributed by atoms with Gasteiger partial charge in [0.25, 0.3) is 0 Å².